The quantitative estimate of drug-likeness (QED) is 0.691. The number of hydrogen-bond donors (Lipinski definition) is 2. The van der Waals surface area contributed by atoms with E-state index in [0.717, 1.165) is 54.1 Å². The smallest absolute Gasteiger partial charge is 0.397 e. The molecule has 0 spiro atoms. The van der Waals surface area contributed by atoms with Gasteiger partial charge in [-0.1, -0.05) is 29.8 Å². The third-order valence-electron chi connectivity index (χ3n) is 4.04. The summed E-state index contributed by atoms with van der Waals surface area (Å²) in [6, 6.07) is -0.353. The molecule has 8 heteroatoms. The molecule has 0 fully saturated rings. The van der Waals surface area contributed by atoms with Gasteiger partial charge in [-0.15, -0.1) is 0 Å². The summed E-state index contributed by atoms with van der Waals surface area (Å²) >= 11 is 1.37. The summed E-state index contributed by atoms with van der Waals surface area (Å²) in [4.78, 5) is 16.3. The van der Waals surface area contributed by atoms with Crippen LogP contribution in [0.1, 0.15) is 54.4 Å². The molecule has 1 atom stereocenters. The minimum atomic E-state index is -0.582. The number of rotatable bonds is 9. The first-order valence-electron chi connectivity index (χ1n) is 8.94. The molecule has 2 aromatic heterocycles. The van der Waals surface area contributed by atoms with E-state index in [2.05, 4.69) is 22.4 Å². The van der Waals surface area contributed by atoms with Crippen molar-refractivity contribution < 1.29 is 19.2 Å². The molecule has 144 valence electrons. The molecule has 0 aliphatic carbocycles. The number of carbonyl (C=O) groups is 1. The highest BCUT2D eigenvalue weighted by atomic mass is 32.1. The maximum Gasteiger partial charge on any atom is 0.413 e. The fourth-order valence-corrected chi connectivity index (χ4v) is 3.44. The first-order chi connectivity index (χ1) is 12.4. The molecule has 2 aromatic rings. The number of aliphatic hydroxyl groups excluding tert-OH is 1. The van der Waals surface area contributed by atoms with Crippen LogP contribution >= 0.6 is 11.3 Å². The van der Waals surface area contributed by atoms with Gasteiger partial charge in [-0.05, 0) is 40.0 Å². The van der Waals surface area contributed by atoms with Gasteiger partial charge >= 0.3 is 6.09 Å². The van der Waals surface area contributed by atoms with Gasteiger partial charge in [0.05, 0.1) is 29.0 Å². The number of aryl methyl sites for hydroxylation is 4. The molecule has 0 radical (unpaired) electrons. The molecule has 2 heterocycles. The molecule has 0 saturated carbocycles. The monoisotopic (exact) mass is 381 g/mol. The zero-order valence-electron chi connectivity index (χ0n) is 15.8. The van der Waals surface area contributed by atoms with Gasteiger partial charge in [-0.25, -0.2) is 9.78 Å². The van der Waals surface area contributed by atoms with Crippen molar-refractivity contribution in [3.8, 4) is 5.06 Å². The van der Waals surface area contributed by atoms with E-state index in [-0.39, 0.29) is 12.6 Å². The number of ether oxygens (including phenoxy) is 1. The van der Waals surface area contributed by atoms with E-state index in [1.807, 2.05) is 13.8 Å². The highest BCUT2D eigenvalue weighted by Gasteiger charge is 2.17. The summed E-state index contributed by atoms with van der Waals surface area (Å²) in [6.45, 7) is 7.47. The lowest BCUT2D eigenvalue weighted by Gasteiger charge is -2.09. The minimum Gasteiger partial charge on any atom is -0.397 e. The first kappa shape index (κ1) is 20.4. The molecule has 26 heavy (non-hydrogen) atoms. The molecular formula is C18H27N3O4S. The second kappa shape index (κ2) is 9.68. The van der Waals surface area contributed by atoms with Gasteiger partial charge in [-0.2, -0.15) is 0 Å². The molecule has 1 amide bonds. The Labute approximate surface area is 157 Å². The maximum atomic E-state index is 11.8. The Morgan fingerprint density at radius 1 is 1.35 bits per heavy atom. The Morgan fingerprint density at radius 3 is 2.81 bits per heavy atom. The van der Waals surface area contributed by atoms with Crippen LogP contribution in [0, 0.1) is 13.8 Å². The number of hydrogen-bond acceptors (Lipinski definition) is 7. The number of nitrogens with one attached hydrogen (secondary N) is 1. The van der Waals surface area contributed by atoms with E-state index in [0.29, 0.717) is 10.8 Å². The molecule has 2 rings (SSSR count). The average Bonchev–Trinajstić information content (AvgIpc) is 3.13. The van der Waals surface area contributed by atoms with E-state index in [4.69, 9.17) is 14.4 Å². The van der Waals surface area contributed by atoms with E-state index < -0.39 is 6.09 Å². The lowest BCUT2D eigenvalue weighted by atomic mass is 10.0. The summed E-state index contributed by atoms with van der Waals surface area (Å²) in [7, 11) is 0. The third kappa shape index (κ3) is 5.54. The predicted octanol–water partition coefficient (Wildman–Crippen LogP) is 3.34. The Morgan fingerprint density at radius 2 is 2.12 bits per heavy atom. The number of thiazole rings is 1. The van der Waals surface area contributed by atoms with Crippen LogP contribution in [-0.2, 0) is 19.3 Å². The zero-order valence-corrected chi connectivity index (χ0v) is 16.6. The summed E-state index contributed by atoms with van der Waals surface area (Å²) < 4.78 is 10.6. The van der Waals surface area contributed by atoms with Crippen LogP contribution in [0.5, 0.6) is 5.06 Å². The number of unbranched alkanes of at least 4 members (excludes halogenated alkanes) is 1. The molecule has 2 N–H and O–H groups in total. The van der Waals surface area contributed by atoms with E-state index in [1.165, 1.54) is 11.3 Å². The maximum absolute atomic E-state index is 11.8. The molecule has 0 bridgehead atoms. The number of aromatic nitrogens is 2. The van der Waals surface area contributed by atoms with Crippen molar-refractivity contribution in [1.29, 1.82) is 0 Å². The van der Waals surface area contributed by atoms with Crippen LogP contribution in [0.2, 0.25) is 0 Å². The fourth-order valence-electron chi connectivity index (χ4n) is 2.53. The second-order valence-electron chi connectivity index (χ2n) is 6.37. The van der Waals surface area contributed by atoms with Gasteiger partial charge < -0.3 is 19.7 Å². The third-order valence-corrected chi connectivity index (χ3v) is 5.14. The Bertz CT molecular complexity index is 726. The van der Waals surface area contributed by atoms with Crippen LogP contribution in [0.3, 0.4) is 0 Å². The Hall–Kier alpha value is -1.93. The highest BCUT2D eigenvalue weighted by molar-refractivity contribution is 7.13. The normalized spacial score (nSPS) is 12.2. The van der Waals surface area contributed by atoms with Crippen LogP contribution < -0.4 is 10.1 Å². The summed E-state index contributed by atoms with van der Waals surface area (Å²) in [5, 5.41) is 17.1. The van der Waals surface area contributed by atoms with Crippen molar-refractivity contribution in [1.82, 2.24) is 15.5 Å². The average molecular weight is 381 g/mol. The summed E-state index contributed by atoms with van der Waals surface area (Å²) in [5.74, 6) is 0.859. The fraction of sp³-hybridized carbons (Fsp3) is 0.611. The number of amides is 1. The topological polar surface area (TPSA) is 97.5 Å². The summed E-state index contributed by atoms with van der Waals surface area (Å²) in [5.41, 5.74) is 2.87. The Balaban J connectivity index is 1.97. The van der Waals surface area contributed by atoms with Crippen molar-refractivity contribution in [2.45, 2.75) is 65.8 Å². The minimum absolute atomic E-state index is 0.138. The zero-order chi connectivity index (χ0) is 19.1. The van der Waals surface area contributed by atoms with Crippen molar-refractivity contribution in [3.05, 3.63) is 27.7 Å². The van der Waals surface area contributed by atoms with Crippen LogP contribution in [0.4, 0.5) is 4.79 Å². The van der Waals surface area contributed by atoms with Gasteiger partial charge in [0.15, 0.2) is 0 Å². The molecular weight excluding hydrogens is 354 g/mol. The van der Waals surface area contributed by atoms with Crippen LogP contribution in [0.25, 0.3) is 0 Å². The number of carbonyl (C=O) groups excluding carboxylic acids is 1. The van der Waals surface area contributed by atoms with E-state index in [1.54, 1.807) is 6.92 Å². The van der Waals surface area contributed by atoms with E-state index in [9.17, 15) is 4.79 Å². The van der Waals surface area contributed by atoms with Gasteiger partial charge in [0, 0.05) is 12.0 Å². The molecule has 0 aliphatic heterocycles. The molecule has 0 aliphatic rings. The summed E-state index contributed by atoms with van der Waals surface area (Å²) in [6.07, 6.45) is 4.10. The highest BCUT2D eigenvalue weighted by Crippen LogP contribution is 2.28. The van der Waals surface area contributed by atoms with Crippen molar-refractivity contribution in [2.75, 3.05) is 6.61 Å². The Kier molecular flexibility index (Phi) is 7.59. The van der Waals surface area contributed by atoms with Gasteiger partial charge in [0.2, 0.25) is 5.06 Å². The van der Waals surface area contributed by atoms with Gasteiger partial charge in [0.25, 0.3) is 0 Å². The lowest BCUT2D eigenvalue weighted by Crippen LogP contribution is -2.36. The van der Waals surface area contributed by atoms with Crippen molar-refractivity contribution in [3.63, 3.8) is 0 Å². The van der Waals surface area contributed by atoms with Gasteiger partial charge in [0.1, 0.15) is 5.76 Å². The predicted molar refractivity (Wildman–Crippen MR) is 99.8 cm³/mol. The standard InChI is InChI=1S/C18H27N3O4S/c1-5-6-7-15-14(13(4)25-21-15)8-9-16-20-12(3)17(26-16)24-18(23)19-11(2)10-22/h11,22H,5-10H2,1-4H3,(H,19,23). The second-order valence-corrected chi connectivity index (χ2v) is 7.41. The van der Waals surface area contributed by atoms with Crippen molar-refractivity contribution >= 4 is 17.4 Å². The number of nitrogens with zero attached hydrogens (tertiary/aromatic N) is 2. The number of aliphatic hydroxyl groups is 1. The molecule has 7 nitrogen and oxygen atoms in total. The SMILES string of the molecule is CCCCc1noc(C)c1CCc1nc(C)c(OC(=O)NC(C)CO)s1. The van der Waals surface area contributed by atoms with Crippen molar-refractivity contribution in [2.24, 2.45) is 0 Å². The van der Waals surface area contributed by atoms with Gasteiger partial charge in [-0.3, -0.25) is 0 Å². The largest absolute Gasteiger partial charge is 0.413 e. The van der Waals surface area contributed by atoms with E-state index >= 15 is 0 Å². The van der Waals surface area contributed by atoms with Crippen LogP contribution in [-0.4, -0.2) is 34.0 Å². The first-order valence-corrected chi connectivity index (χ1v) is 9.75. The molecule has 1 unspecified atom stereocenters. The van der Waals surface area contributed by atoms with Crippen LogP contribution in [0.15, 0.2) is 4.52 Å². The molecule has 0 aromatic carbocycles. The lowest BCUT2D eigenvalue weighted by molar-refractivity contribution is 0.186. The molecule has 0 saturated heterocycles.